The molecule has 11 rings (SSSR count). The van der Waals surface area contributed by atoms with E-state index in [1.165, 1.54) is 33.4 Å². The van der Waals surface area contributed by atoms with Gasteiger partial charge in [0.25, 0.3) is 0 Å². The van der Waals surface area contributed by atoms with Crippen LogP contribution in [0.4, 0.5) is 5.69 Å². The fourth-order valence-corrected chi connectivity index (χ4v) is 9.94. The van der Waals surface area contributed by atoms with E-state index in [4.69, 9.17) is 16.5 Å². The number of rotatable bonds is 8. The van der Waals surface area contributed by atoms with Gasteiger partial charge in [0, 0.05) is 38.6 Å². The number of nitrogens with zero attached hydrogens (tertiary/aromatic N) is 5. The smallest absolute Gasteiger partial charge is 0.187 e. The van der Waals surface area contributed by atoms with Gasteiger partial charge in [-0.1, -0.05) is 162 Å². The van der Waals surface area contributed by atoms with E-state index in [-0.39, 0.29) is 0 Å². The molecule has 0 spiro atoms. The Labute approximate surface area is 402 Å². The van der Waals surface area contributed by atoms with Crippen molar-refractivity contribution in [2.45, 2.75) is 27.7 Å². The molecule has 0 aliphatic rings. The van der Waals surface area contributed by atoms with E-state index in [1.807, 2.05) is 84.9 Å². The fourth-order valence-electron chi connectivity index (χ4n) is 9.94. The van der Waals surface area contributed by atoms with Crippen molar-refractivity contribution in [2.75, 3.05) is 0 Å². The third kappa shape index (κ3) is 8.14. The first-order chi connectivity index (χ1) is 33.7. The number of hydrogen-bond donors (Lipinski definition) is 0. The summed E-state index contributed by atoms with van der Waals surface area (Å²) in [7, 11) is 0. The second-order valence-electron chi connectivity index (χ2n) is 18.0. The second kappa shape index (κ2) is 17.6. The fraction of sp³-hybridized carbons (Fsp3) is 0.0625. The average Bonchev–Trinajstić information content (AvgIpc) is 3.70. The highest BCUT2D eigenvalue weighted by Gasteiger charge is 2.24. The standard InChI is InChI=1S/C64H45N5/c1-40-26-41(2)29-51(28-40)47-22-24-61-57(34-47)58-35-48(52-30-42(3)27-43(4)31-52)23-25-62(58)69(61)63-55(49-19-12-14-44(32-49)39-65)36-53(37-56(63)50-20-13-21-54(33-50)66-5)60-38-59(45-15-8-6-9-16-45)67-64(68-60)46-17-10-7-11-18-46/h6-38H,1-4H3. The van der Waals surface area contributed by atoms with Crippen LogP contribution in [0.5, 0.6) is 0 Å². The van der Waals surface area contributed by atoms with Gasteiger partial charge in [-0.15, -0.1) is 0 Å². The van der Waals surface area contributed by atoms with Crippen molar-refractivity contribution in [3.05, 3.63) is 239 Å². The summed E-state index contributed by atoms with van der Waals surface area (Å²) in [5.74, 6) is 0.613. The SMILES string of the molecule is [C-]#[N+]c1cccc(-c2cc(-c3cc(-c4ccccc4)nc(-c4ccccc4)n3)cc(-c3cccc(C#N)c3)c2-n2c3ccc(-c4cc(C)cc(C)c4)cc3c3cc(-c4cc(C)cc(C)c4)ccc32)c1. The topological polar surface area (TPSA) is 58.9 Å². The minimum absolute atomic E-state index is 0.537. The third-order valence-electron chi connectivity index (χ3n) is 12.9. The summed E-state index contributed by atoms with van der Waals surface area (Å²) in [4.78, 5) is 14.3. The summed E-state index contributed by atoms with van der Waals surface area (Å²) in [5, 5.41) is 12.6. The van der Waals surface area contributed by atoms with Crippen LogP contribution in [0.25, 0.3) is 111 Å². The predicted octanol–water partition coefficient (Wildman–Crippen LogP) is 16.9. The van der Waals surface area contributed by atoms with Crippen molar-refractivity contribution in [3.8, 4) is 90.2 Å². The van der Waals surface area contributed by atoms with Crippen LogP contribution in [-0.2, 0) is 0 Å². The molecule has 0 saturated heterocycles. The van der Waals surface area contributed by atoms with Gasteiger partial charge in [0.05, 0.1) is 46.3 Å². The van der Waals surface area contributed by atoms with Crippen LogP contribution in [0.3, 0.4) is 0 Å². The Morgan fingerprint density at radius 3 is 1.45 bits per heavy atom. The molecular weight excluding hydrogens is 839 g/mol. The van der Waals surface area contributed by atoms with Crippen LogP contribution >= 0.6 is 0 Å². The van der Waals surface area contributed by atoms with E-state index in [9.17, 15) is 5.26 Å². The molecule has 0 N–H and O–H groups in total. The molecule has 0 atom stereocenters. The predicted molar refractivity (Wildman–Crippen MR) is 284 cm³/mol. The highest BCUT2D eigenvalue weighted by atomic mass is 15.0. The molecule has 69 heavy (non-hydrogen) atoms. The number of nitriles is 1. The average molecular weight is 884 g/mol. The minimum atomic E-state index is 0.537. The molecule has 0 amide bonds. The van der Waals surface area contributed by atoms with Gasteiger partial charge in [0.1, 0.15) is 0 Å². The van der Waals surface area contributed by atoms with E-state index in [0.717, 1.165) is 89.0 Å². The molecule has 0 aliphatic heterocycles. The first-order valence-electron chi connectivity index (χ1n) is 23.1. The highest BCUT2D eigenvalue weighted by molar-refractivity contribution is 6.13. The normalized spacial score (nSPS) is 11.2. The van der Waals surface area contributed by atoms with Crippen LogP contribution in [0.2, 0.25) is 0 Å². The zero-order valence-corrected chi connectivity index (χ0v) is 38.8. The van der Waals surface area contributed by atoms with Crippen molar-refractivity contribution < 1.29 is 0 Å². The molecule has 0 saturated carbocycles. The number of aryl methyl sites for hydroxylation is 4. The Bertz CT molecular complexity index is 3620. The number of fused-ring (bicyclic) bond motifs is 3. The summed E-state index contributed by atoms with van der Waals surface area (Å²) < 4.78 is 2.39. The molecule has 0 fully saturated rings. The lowest BCUT2D eigenvalue weighted by atomic mass is 9.90. The van der Waals surface area contributed by atoms with Crippen LogP contribution in [0, 0.1) is 45.6 Å². The molecule has 5 nitrogen and oxygen atoms in total. The van der Waals surface area contributed by atoms with Gasteiger partial charge in [-0.25, -0.2) is 14.8 Å². The first-order valence-corrected chi connectivity index (χ1v) is 23.1. The Morgan fingerprint density at radius 2 is 0.913 bits per heavy atom. The Morgan fingerprint density at radius 1 is 0.420 bits per heavy atom. The lowest BCUT2D eigenvalue weighted by molar-refractivity contribution is 1.17. The van der Waals surface area contributed by atoms with E-state index in [0.29, 0.717) is 17.1 Å². The van der Waals surface area contributed by atoms with Gasteiger partial charge >= 0.3 is 0 Å². The maximum Gasteiger partial charge on any atom is 0.187 e. The van der Waals surface area contributed by atoms with E-state index >= 15 is 0 Å². The van der Waals surface area contributed by atoms with Gasteiger partial charge in [-0.3, -0.25) is 0 Å². The third-order valence-corrected chi connectivity index (χ3v) is 12.9. The van der Waals surface area contributed by atoms with E-state index in [1.54, 1.807) is 0 Å². The number of hydrogen-bond acceptors (Lipinski definition) is 3. The van der Waals surface area contributed by atoms with Crippen LogP contribution in [0.15, 0.2) is 200 Å². The Hall–Kier alpha value is -9.16. The van der Waals surface area contributed by atoms with Crippen LogP contribution in [-0.4, -0.2) is 14.5 Å². The molecule has 5 heteroatoms. The quantitative estimate of drug-likeness (QED) is 0.143. The first kappa shape index (κ1) is 42.5. The monoisotopic (exact) mass is 883 g/mol. The second-order valence-corrected chi connectivity index (χ2v) is 18.0. The highest BCUT2D eigenvalue weighted by Crippen LogP contribution is 2.46. The molecule has 0 bridgehead atoms. The van der Waals surface area contributed by atoms with Crippen LogP contribution < -0.4 is 0 Å². The molecule has 0 unspecified atom stereocenters. The molecular formula is C64H45N5. The van der Waals surface area contributed by atoms with Crippen molar-refractivity contribution in [3.63, 3.8) is 0 Å². The van der Waals surface area contributed by atoms with Gasteiger partial charge in [0.2, 0.25) is 0 Å². The zero-order valence-electron chi connectivity index (χ0n) is 38.8. The summed E-state index contributed by atoms with van der Waals surface area (Å²) in [6.45, 7) is 16.7. The van der Waals surface area contributed by atoms with Crippen molar-refractivity contribution >= 4 is 27.5 Å². The van der Waals surface area contributed by atoms with Crippen molar-refractivity contribution in [1.82, 2.24) is 14.5 Å². The van der Waals surface area contributed by atoms with Gasteiger partial charge in [0.15, 0.2) is 11.5 Å². The molecule has 326 valence electrons. The summed E-state index contributed by atoms with van der Waals surface area (Å²) in [6.07, 6.45) is 0. The van der Waals surface area contributed by atoms with Gasteiger partial charge in [-0.2, -0.15) is 5.26 Å². The Kier molecular flexibility index (Phi) is 10.8. The molecule has 0 aliphatic carbocycles. The minimum Gasteiger partial charge on any atom is -0.308 e. The van der Waals surface area contributed by atoms with E-state index < -0.39 is 0 Å². The number of aromatic nitrogens is 3. The van der Waals surface area contributed by atoms with Gasteiger partial charge < -0.3 is 4.57 Å². The summed E-state index contributed by atoms with van der Waals surface area (Å²) >= 11 is 0. The molecule has 0 radical (unpaired) electrons. The summed E-state index contributed by atoms with van der Waals surface area (Å²) in [5.41, 5.74) is 21.4. The molecule has 2 heterocycles. The summed E-state index contributed by atoms with van der Waals surface area (Å²) in [6, 6.07) is 72.0. The maximum atomic E-state index is 10.4. The van der Waals surface area contributed by atoms with E-state index in [2.05, 4.69) is 158 Å². The van der Waals surface area contributed by atoms with Crippen molar-refractivity contribution in [1.29, 1.82) is 5.26 Å². The molecule has 9 aromatic carbocycles. The Balaban J connectivity index is 1.27. The van der Waals surface area contributed by atoms with Crippen molar-refractivity contribution in [2.24, 2.45) is 0 Å². The zero-order chi connectivity index (χ0) is 47.2. The molecule has 11 aromatic rings. The van der Waals surface area contributed by atoms with Crippen LogP contribution in [0.1, 0.15) is 27.8 Å². The van der Waals surface area contributed by atoms with Gasteiger partial charge in [-0.05, 0) is 122 Å². The molecule has 2 aromatic heterocycles. The maximum absolute atomic E-state index is 10.4. The lowest BCUT2D eigenvalue weighted by Gasteiger charge is -2.22. The largest absolute Gasteiger partial charge is 0.308 e. The lowest BCUT2D eigenvalue weighted by Crippen LogP contribution is -2.03. The number of benzene rings is 9.